The molecule has 7 heteroatoms. The average molecular weight is 343 g/mol. The average Bonchev–Trinajstić information content (AvgIpc) is 3.25. The van der Waals surface area contributed by atoms with Crippen LogP contribution < -0.4 is 10.1 Å². The molecule has 1 aromatic carbocycles. The number of hydrogen-bond acceptors (Lipinski definition) is 5. The molecule has 0 saturated carbocycles. The van der Waals surface area contributed by atoms with Gasteiger partial charge in [-0.05, 0) is 44.0 Å². The van der Waals surface area contributed by atoms with Gasteiger partial charge in [-0.2, -0.15) is 5.10 Å². The largest absolute Gasteiger partial charge is 0.492 e. The first-order valence-corrected chi connectivity index (χ1v) is 8.73. The van der Waals surface area contributed by atoms with Crippen molar-refractivity contribution in [2.75, 3.05) is 26.2 Å². The number of likely N-dealkylation sites (tertiary alicyclic amines) is 1. The number of aryl methyl sites for hydroxylation is 1. The van der Waals surface area contributed by atoms with Gasteiger partial charge in [-0.15, -0.1) is 0 Å². The summed E-state index contributed by atoms with van der Waals surface area (Å²) in [7, 11) is 0. The molecule has 1 unspecified atom stereocenters. The van der Waals surface area contributed by atoms with Crippen LogP contribution in [0.4, 0.5) is 0 Å². The van der Waals surface area contributed by atoms with Gasteiger partial charge in [0.05, 0.1) is 19.6 Å². The number of carbonyl (C=O) groups excluding carboxylic acids is 1. The second-order valence-electron chi connectivity index (χ2n) is 6.40. The Bertz CT molecular complexity index is 674. The van der Waals surface area contributed by atoms with Crippen molar-refractivity contribution in [1.82, 2.24) is 25.0 Å². The lowest BCUT2D eigenvalue weighted by molar-refractivity contribution is -0.122. The van der Waals surface area contributed by atoms with Crippen LogP contribution in [0.15, 0.2) is 36.9 Å². The van der Waals surface area contributed by atoms with Gasteiger partial charge in [0.15, 0.2) is 0 Å². The maximum atomic E-state index is 12.2. The van der Waals surface area contributed by atoms with Gasteiger partial charge in [0, 0.05) is 6.04 Å². The lowest BCUT2D eigenvalue weighted by Crippen LogP contribution is -2.42. The number of amides is 1. The van der Waals surface area contributed by atoms with E-state index in [0.29, 0.717) is 25.7 Å². The smallest absolute Gasteiger partial charge is 0.234 e. The molecule has 1 fully saturated rings. The van der Waals surface area contributed by atoms with Gasteiger partial charge in [0.1, 0.15) is 25.0 Å². The fourth-order valence-electron chi connectivity index (χ4n) is 3.16. The van der Waals surface area contributed by atoms with Crippen molar-refractivity contribution in [1.29, 1.82) is 0 Å². The first-order chi connectivity index (χ1) is 12.2. The first kappa shape index (κ1) is 17.4. The first-order valence-electron chi connectivity index (χ1n) is 8.73. The van der Waals surface area contributed by atoms with Gasteiger partial charge in [-0.25, -0.2) is 4.98 Å². The second kappa shape index (κ2) is 8.62. The molecule has 1 amide bonds. The van der Waals surface area contributed by atoms with Crippen molar-refractivity contribution in [3.05, 3.63) is 42.5 Å². The molecular weight excluding hydrogens is 318 g/mol. The molecule has 134 valence electrons. The molecule has 1 aliphatic heterocycles. The Morgan fingerprint density at radius 3 is 3.16 bits per heavy atom. The van der Waals surface area contributed by atoms with Crippen molar-refractivity contribution < 1.29 is 9.53 Å². The Kier molecular flexibility index (Phi) is 6.00. The van der Waals surface area contributed by atoms with Gasteiger partial charge >= 0.3 is 0 Å². The highest BCUT2D eigenvalue weighted by atomic mass is 16.5. The molecule has 1 saturated heterocycles. The van der Waals surface area contributed by atoms with Gasteiger partial charge in [-0.3, -0.25) is 14.4 Å². The van der Waals surface area contributed by atoms with Crippen molar-refractivity contribution in [2.45, 2.75) is 32.4 Å². The minimum absolute atomic E-state index is 0.0401. The van der Waals surface area contributed by atoms with E-state index < -0.39 is 0 Å². The number of nitrogens with zero attached hydrogens (tertiary/aromatic N) is 4. The summed E-state index contributed by atoms with van der Waals surface area (Å²) < 4.78 is 7.48. The topological polar surface area (TPSA) is 72.3 Å². The second-order valence-corrected chi connectivity index (χ2v) is 6.40. The van der Waals surface area contributed by atoms with E-state index >= 15 is 0 Å². The maximum Gasteiger partial charge on any atom is 0.234 e. The summed E-state index contributed by atoms with van der Waals surface area (Å²) in [5, 5.41) is 7.08. The zero-order chi connectivity index (χ0) is 17.5. The molecule has 1 atom stereocenters. The summed E-state index contributed by atoms with van der Waals surface area (Å²) in [4.78, 5) is 18.4. The van der Waals surface area contributed by atoms with E-state index in [1.54, 1.807) is 12.7 Å². The molecule has 0 spiro atoms. The minimum Gasteiger partial charge on any atom is -0.492 e. The fraction of sp³-hybridized carbons (Fsp3) is 0.500. The zero-order valence-corrected chi connectivity index (χ0v) is 14.6. The molecule has 2 heterocycles. The third-order valence-electron chi connectivity index (χ3n) is 4.39. The van der Waals surface area contributed by atoms with E-state index in [4.69, 9.17) is 4.74 Å². The molecule has 1 aromatic heterocycles. The molecule has 7 nitrogen and oxygen atoms in total. The van der Waals surface area contributed by atoms with Crippen molar-refractivity contribution in [3.8, 4) is 5.75 Å². The van der Waals surface area contributed by atoms with E-state index in [-0.39, 0.29) is 5.91 Å². The summed E-state index contributed by atoms with van der Waals surface area (Å²) >= 11 is 0. The van der Waals surface area contributed by atoms with Gasteiger partial charge in [0.25, 0.3) is 0 Å². The number of rotatable bonds is 8. The van der Waals surface area contributed by atoms with Gasteiger partial charge < -0.3 is 10.1 Å². The molecule has 25 heavy (non-hydrogen) atoms. The van der Waals surface area contributed by atoms with Crippen LogP contribution in [0.1, 0.15) is 18.4 Å². The van der Waals surface area contributed by atoms with Crippen LogP contribution in [-0.4, -0.2) is 57.9 Å². The van der Waals surface area contributed by atoms with Gasteiger partial charge in [0.2, 0.25) is 5.91 Å². The summed E-state index contributed by atoms with van der Waals surface area (Å²) in [5.74, 6) is 0.875. The number of ether oxygens (including phenoxy) is 1. The van der Waals surface area contributed by atoms with Crippen molar-refractivity contribution in [3.63, 3.8) is 0 Å². The van der Waals surface area contributed by atoms with Crippen LogP contribution in [0.2, 0.25) is 0 Å². The predicted octanol–water partition coefficient (Wildman–Crippen LogP) is 1.25. The highest BCUT2D eigenvalue weighted by Gasteiger charge is 2.26. The van der Waals surface area contributed by atoms with E-state index in [9.17, 15) is 4.79 Å². The normalized spacial score (nSPS) is 17.6. The van der Waals surface area contributed by atoms with Crippen LogP contribution >= 0.6 is 0 Å². The summed E-state index contributed by atoms with van der Waals surface area (Å²) in [6.45, 7) is 5.16. The Hall–Kier alpha value is -2.41. The Morgan fingerprint density at radius 2 is 2.36 bits per heavy atom. The number of nitrogens with one attached hydrogen (secondary N) is 1. The molecule has 1 N–H and O–H groups in total. The predicted molar refractivity (Wildman–Crippen MR) is 94.3 cm³/mol. The SMILES string of the molecule is Cc1cccc(OCCNC(=O)CN2CCCC2Cn2cncn2)c1. The third-order valence-corrected chi connectivity index (χ3v) is 4.39. The van der Waals surface area contributed by atoms with E-state index in [2.05, 4.69) is 20.3 Å². The Morgan fingerprint density at radius 1 is 1.44 bits per heavy atom. The Balaban J connectivity index is 1.37. The minimum atomic E-state index is 0.0401. The summed E-state index contributed by atoms with van der Waals surface area (Å²) in [5.41, 5.74) is 1.16. The standard InChI is InChI=1S/C18H25N5O2/c1-15-4-2-6-17(10-15)25-9-7-20-18(24)12-22-8-3-5-16(22)11-23-14-19-13-21-23/h2,4,6,10,13-14,16H,3,5,7-9,11-12H2,1H3,(H,20,24). The maximum absolute atomic E-state index is 12.2. The fourth-order valence-corrected chi connectivity index (χ4v) is 3.16. The summed E-state index contributed by atoms with van der Waals surface area (Å²) in [6, 6.07) is 8.25. The van der Waals surface area contributed by atoms with Crippen LogP contribution in [0.3, 0.4) is 0 Å². The van der Waals surface area contributed by atoms with Crippen molar-refractivity contribution in [2.24, 2.45) is 0 Å². The van der Waals surface area contributed by atoms with E-state index in [1.807, 2.05) is 35.9 Å². The summed E-state index contributed by atoms with van der Waals surface area (Å²) in [6.07, 6.45) is 5.46. The molecule has 0 bridgehead atoms. The van der Waals surface area contributed by atoms with Crippen LogP contribution in [0, 0.1) is 6.92 Å². The highest BCUT2D eigenvalue weighted by molar-refractivity contribution is 5.78. The molecule has 3 rings (SSSR count). The lowest BCUT2D eigenvalue weighted by atomic mass is 10.2. The Labute approximate surface area is 148 Å². The lowest BCUT2D eigenvalue weighted by Gasteiger charge is -2.23. The molecule has 1 aliphatic rings. The monoisotopic (exact) mass is 343 g/mol. The molecule has 2 aromatic rings. The van der Waals surface area contributed by atoms with E-state index in [1.165, 1.54) is 0 Å². The van der Waals surface area contributed by atoms with Crippen LogP contribution in [-0.2, 0) is 11.3 Å². The number of hydrogen-bond donors (Lipinski definition) is 1. The van der Waals surface area contributed by atoms with Crippen LogP contribution in [0.25, 0.3) is 0 Å². The number of benzene rings is 1. The quantitative estimate of drug-likeness (QED) is 0.730. The van der Waals surface area contributed by atoms with E-state index in [0.717, 1.165) is 37.2 Å². The number of carbonyl (C=O) groups is 1. The number of aromatic nitrogens is 3. The third kappa shape index (κ3) is 5.29. The highest BCUT2D eigenvalue weighted by Crippen LogP contribution is 2.18. The molecular formula is C18H25N5O2. The van der Waals surface area contributed by atoms with Gasteiger partial charge in [-0.1, -0.05) is 12.1 Å². The van der Waals surface area contributed by atoms with Crippen LogP contribution in [0.5, 0.6) is 5.75 Å². The molecule has 0 radical (unpaired) electrons. The van der Waals surface area contributed by atoms with Crippen molar-refractivity contribution >= 4 is 5.91 Å². The zero-order valence-electron chi connectivity index (χ0n) is 14.6. The molecule has 0 aliphatic carbocycles.